The highest BCUT2D eigenvalue weighted by molar-refractivity contribution is 14.1. The van der Waals surface area contributed by atoms with Crippen LogP contribution in [0.5, 0.6) is 0 Å². The van der Waals surface area contributed by atoms with Gasteiger partial charge < -0.3 is 3.55 Å². The van der Waals surface area contributed by atoms with E-state index in [1.165, 1.54) is 64.5 Å². The SMILES string of the molecule is [Al][n]1c2ccccc2c2cc(-c3ccc(-c4ccc5c(c4)c4ccccc4n5I)s3)ccc21. The minimum atomic E-state index is 1.24. The fraction of sp³-hybridized carbons (Fsp3) is 0. The quantitative estimate of drug-likeness (QED) is 0.147. The maximum absolute atomic E-state index is 2.85. The van der Waals surface area contributed by atoms with Crippen LogP contribution in [0.25, 0.3) is 64.5 Å². The van der Waals surface area contributed by atoms with Gasteiger partial charge in [0, 0.05) is 42.3 Å². The molecule has 0 aliphatic rings. The smallest absolute Gasteiger partial charge is 0.318 e. The van der Waals surface area contributed by atoms with E-state index in [1.807, 2.05) is 11.3 Å². The lowest BCUT2D eigenvalue weighted by Gasteiger charge is -2.02. The molecule has 0 bridgehead atoms. The van der Waals surface area contributed by atoms with E-state index in [4.69, 9.17) is 0 Å². The van der Waals surface area contributed by atoms with Gasteiger partial charge in [-0.15, -0.1) is 11.3 Å². The highest BCUT2D eigenvalue weighted by Crippen LogP contribution is 2.39. The van der Waals surface area contributed by atoms with Crippen LogP contribution in [0.2, 0.25) is 0 Å². The Kier molecular flexibility index (Phi) is 4.50. The van der Waals surface area contributed by atoms with Crippen LogP contribution in [-0.4, -0.2) is 22.8 Å². The summed E-state index contributed by atoms with van der Waals surface area (Å²) < 4.78 is 4.46. The van der Waals surface area contributed by atoms with Crippen molar-refractivity contribution >= 4 is 94.3 Å². The first-order valence-corrected chi connectivity index (χ1v) is 13.1. The molecular weight excluding hydrogens is 550 g/mol. The van der Waals surface area contributed by atoms with Crippen LogP contribution in [-0.2, 0) is 0 Å². The minimum Gasteiger partial charge on any atom is -0.452 e. The second-order valence-electron chi connectivity index (χ2n) is 8.31. The zero-order valence-corrected chi connectivity index (χ0v) is 21.6. The molecule has 2 radical (unpaired) electrons. The van der Waals surface area contributed by atoms with E-state index in [0.29, 0.717) is 0 Å². The first-order valence-electron chi connectivity index (χ1n) is 10.8. The van der Waals surface area contributed by atoms with Gasteiger partial charge in [-0.3, -0.25) is 2.78 Å². The summed E-state index contributed by atoms with van der Waals surface area (Å²) in [4.78, 5) is 2.59. The molecule has 33 heavy (non-hydrogen) atoms. The number of nitrogens with zero attached hydrogens (tertiary/aromatic N) is 2. The van der Waals surface area contributed by atoms with Gasteiger partial charge in [-0.2, -0.15) is 0 Å². The highest BCUT2D eigenvalue weighted by Gasteiger charge is 2.13. The fourth-order valence-electron chi connectivity index (χ4n) is 4.88. The van der Waals surface area contributed by atoms with Gasteiger partial charge in [-0.25, -0.2) is 0 Å². The van der Waals surface area contributed by atoms with Crippen LogP contribution in [0.4, 0.5) is 0 Å². The van der Waals surface area contributed by atoms with Gasteiger partial charge in [0.05, 0.1) is 33.9 Å². The molecular formula is C28H16AlIN2S. The topological polar surface area (TPSA) is 9.86 Å². The van der Waals surface area contributed by atoms with E-state index >= 15 is 0 Å². The van der Waals surface area contributed by atoms with E-state index in [2.05, 4.69) is 143 Å². The molecule has 0 amide bonds. The number of hydrogen-bond acceptors (Lipinski definition) is 1. The molecule has 0 N–H and O–H groups in total. The van der Waals surface area contributed by atoms with Crippen LogP contribution in [0, 0.1) is 0 Å². The summed E-state index contributed by atoms with van der Waals surface area (Å²) in [7, 11) is 0. The minimum absolute atomic E-state index is 1.24. The van der Waals surface area contributed by atoms with Crippen LogP contribution in [0.1, 0.15) is 0 Å². The van der Waals surface area contributed by atoms with Gasteiger partial charge in [0.1, 0.15) is 0 Å². The van der Waals surface area contributed by atoms with Gasteiger partial charge in [-0.05, 0) is 59.7 Å². The summed E-state index contributed by atoms with van der Waals surface area (Å²) in [6.45, 7) is 0. The Labute approximate surface area is 217 Å². The maximum Gasteiger partial charge on any atom is 0.318 e. The van der Waals surface area contributed by atoms with Crippen molar-refractivity contribution in [3.63, 3.8) is 0 Å². The first-order chi connectivity index (χ1) is 16.2. The molecule has 0 unspecified atom stereocenters. The van der Waals surface area contributed by atoms with Gasteiger partial charge >= 0.3 is 16.5 Å². The predicted octanol–water partition coefficient (Wildman–Crippen LogP) is 8.43. The summed E-state index contributed by atoms with van der Waals surface area (Å²) in [5.74, 6) is 0. The Morgan fingerprint density at radius 2 is 1.03 bits per heavy atom. The average molecular weight is 566 g/mol. The monoisotopic (exact) mass is 566 g/mol. The molecule has 0 aliphatic heterocycles. The number of rotatable bonds is 2. The first kappa shape index (κ1) is 19.9. The third kappa shape index (κ3) is 2.97. The molecule has 0 saturated carbocycles. The lowest BCUT2D eigenvalue weighted by atomic mass is 10.1. The molecule has 0 saturated heterocycles. The van der Waals surface area contributed by atoms with Gasteiger partial charge in [0.2, 0.25) is 0 Å². The van der Waals surface area contributed by atoms with Gasteiger partial charge in [-0.1, -0.05) is 48.5 Å². The highest BCUT2D eigenvalue weighted by atomic mass is 127. The van der Waals surface area contributed by atoms with Crippen molar-refractivity contribution in [3.8, 4) is 20.9 Å². The van der Waals surface area contributed by atoms with Crippen molar-refractivity contribution in [1.82, 2.24) is 6.33 Å². The van der Waals surface area contributed by atoms with Crippen LogP contribution >= 0.6 is 34.2 Å². The number of para-hydroxylation sites is 2. The molecule has 0 spiro atoms. The second kappa shape index (κ2) is 7.48. The molecule has 2 nitrogen and oxygen atoms in total. The lowest BCUT2D eigenvalue weighted by Crippen LogP contribution is -1.89. The molecule has 0 aliphatic carbocycles. The van der Waals surface area contributed by atoms with E-state index in [0.717, 1.165) is 0 Å². The van der Waals surface area contributed by atoms with Crippen LogP contribution in [0.3, 0.4) is 0 Å². The number of benzene rings is 4. The van der Waals surface area contributed by atoms with E-state index in [1.54, 1.807) is 0 Å². The molecule has 0 atom stereocenters. The van der Waals surface area contributed by atoms with Gasteiger partial charge in [0.15, 0.2) is 0 Å². The second-order valence-corrected chi connectivity index (χ2v) is 10.9. The normalized spacial score (nSPS) is 11.9. The molecule has 0 fully saturated rings. The summed E-state index contributed by atoms with van der Waals surface area (Å²) in [5, 5.41) is 5.20. The number of hydrogen-bond donors (Lipinski definition) is 0. The van der Waals surface area contributed by atoms with Crippen molar-refractivity contribution in [2.24, 2.45) is 0 Å². The number of thiophene rings is 1. The van der Waals surface area contributed by atoms with E-state index in [9.17, 15) is 0 Å². The summed E-state index contributed by atoms with van der Waals surface area (Å²) in [6.07, 6.45) is 0. The molecule has 3 aromatic heterocycles. The Bertz CT molecular complexity index is 1720. The lowest BCUT2D eigenvalue weighted by molar-refractivity contribution is 1.39. The molecule has 3 heterocycles. The number of fused-ring (bicyclic) bond motifs is 6. The fourth-order valence-corrected chi connectivity index (χ4v) is 7.17. The largest absolute Gasteiger partial charge is 0.452 e. The zero-order chi connectivity index (χ0) is 22.1. The standard InChI is InChI=1S/C28H16IN2S.Al/c29-31-25-8-4-2-6-20(25)22-16-18(10-12-26(22)31)28-14-13-27(32-28)17-9-11-24-21(15-17)19-5-1-3-7-23(19)30-24;/h1-16H;/q-1;+1. The van der Waals surface area contributed by atoms with Crippen LogP contribution in [0.15, 0.2) is 97.1 Å². The number of aromatic nitrogens is 2. The third-order valence-electron chi connectivity index (χ3n) is 6.50. The van der Waals surface area contributed by atoms with Crippen molar-refractivity contribution in [3.05, 3.63) is 97.1 Å². The molecule has 5 heteroatoms. The number of halogens is 1. The summed E-state index contributed by atoms with van der Waals surface area (Å²) in [6, 6.07) is 35.4. The summed E-state index contributed by atoms with van der Waals surface area (Å²) >= 11 is 7.11. The van der Waals surface area contributed by atoms with Crippen molar-refractivity contribution < 1.29 is 0 Å². The Hall–Kier alpha value is -2.56. The third-order valence-corrected chi connectivity index (χ3v) is 9.28. The molecule has 154 valence electrons. The van der Waals surface area contributed by atoms with Gasteiger partial charge in [0.25, 0.3) is 0 Å². The predicted molar refractivity (Wildman–Crippen MR) is 152 cm³/mol. The molecule has 7 rings (SSSR count). The van der Waals surface area contributed by atoms with E-state index < -0.39 is 0 Å². The molecule has 4 aromatic carbocycles. The Balaban J connectivity index is 1.35. The summed E-state index contributed by atoms with van der Waals surface area (Å²) in [5.41, 5.74) is 7.54. The molecule has 7 aromatic rings. The maximum atomic E-state index is 2.85. The Morgan fingerprint density at radius 3 is 1.73 bits per heavy atom. The van der Waals surface area contributed by atoms with Crippen molar-refractivity contribution in [1.29, 1.82) is 0 Å². The zero-order valence-electron chi connectivity index (χ0n) is 17.5. The van der Waals surface area contributed by atoms with E-state index in [-0.39, 0.29) is 0 Å². The average Bonchev–Trinajstić information content (AvgIpc) is 3.54. The Morgan fingerprint density at radius 1 is 0.545 bits per heavy atom. The van der Waals surface area contributed by atoms with Crippen LogP contribution < -0.4 is 0 Å². The van der Waals surface area contributed by atoms with Crippen molar-refractivity contribution in [2.75, 3.05) is 0 Å². The van der Waals surface area contributed by atoms with Crippen molar-refractivity contribution in [2.45, 2.75) is 0 Å².